The predicted molar refractivity (Wildman–Crippen MR) is 115 cm³/mol. The van der Waals surface area contributed by atoms with Crippen LogP contribution in [0.1, 0.15) is 53.2 Å². The number of fused-ring (bicyclic) bond motifs is 1. The molecule has 4 heteroatoms. The van der Waals surface area contributed by atoms with Crippen molar-refractivity contribution in [2.75, 3.05) is 26.7 Å². The van der Waals surface area contributed by atoms with Gasteiger partial charge in [0, 0.05) is 18.5 Å². The molecule has 1 aliphatic carbocycles. The average molecular weight is 391 g/mol. The molecule has 1 heterocycles. The minimum Gasteiger partial charge on any atom is -0.338 e. The molecule has 1 fully saturated rings. The zero-order valence-corrected chi connectivity index (χ0v) is 17.2. The van der Waals surface area contributed by atoms with Gasteiger partial charge in [-0.1, -0.05) is 54.6 Å². The number of amides is 1. The van der Waals surface area contributed by atoms with Gasteiger partial charge in [0.05, 0.1) is 12.6 Å². The Kier molecular flexibility index (Phi) is 6.10. The number of likely N-dealkylation sites (tertiary alicyclic amines) is 1. The van der Waals surface area contributed by atoms with Gasteiger partial charge in [0.2, 0.25) is 5.91 Å². The molecule has 1 unspecified atom stereocenters. The molecule has 1 amide bonds. The molecule has 1 aliphatic heterocycles. The first-order valence-corrected chi connectivity index (χ1v) is 10.8. The van der Waals surface area contributed by atoms with Crippen LogP contribution in [-0.2, 0) is 11.2 Å². The van der Waals surface area contributed by atoms with E-state index in [9.17, 15) is 9.59 Å². The van der Waals surface area contributed by atoms with Crippen LogP contribution in [0.25, 0.3) is 0 Å². The SMILES string of the molecule is CN(C(=O)CN1CCC(C(=O)c2ccccc2)CC1)C1CCCc2ccccc21. The summed E-state index contributed by atoms with van der Waals surface area (Å²) in [5, 5.41) is 0. The molecular formula is C25H30N2O2. The number of likely N-dealkylation sites (N-methyl/N-ethyl adjacent to an activating group) is 1. The Labute approximate surface area is 173 Å². The third-order valence-corrected chi connectivity index (χ3v) is 6.57. The van der Waals surface area contributed by atoms with Crippen molar-refractivity contribution >= 4 is 11.7 Å². The van der Waals surface area contributed by atoms with E-state index in [4.69, 9.17) is 0 Å². The Morgan fingerprint density at radius 1 is 0.966 bits per heavy atom. The van der Waals surface area contributed by atoms with Crippen LogP contribution in [0.15, 0.2) is 54.6 Å². The van der Waals surface area contributed by atoms with Crippen LogP contribution in [0.4, 0.5) is 0 Å². The first-order valence-electron chi connectivity index (χ1n) is 10.8. The second kappa shape index (κ2) is 8.91. The van der Waals surface area contributed by atoms with Gasteiger partial charge in [-0.3, -0.25) is 14.5 Å². The van der Waals surface area contributed by atoms with Gasteiger partial charge in [0.15, 0.2) is 5.78 Å². The van der Waals surface area contributed by atoms with E-state index >= 15 is 0 Å². The average Bonchev–Trinajstić information content (AvgIpc) is 2.79. The van der Waals surface area contributed by atoms with Crippen LogP contribution in [-0.4, -0.2) is 48.2 Å². The highest BCUT2D eigenvalue weighted by molar-refractivity contribution is 5.97. The number of Topliss-reactive ketones (excluding diaryl/α,β-unsaturated/α-hetero) is 1. The van der Waals surface area contributed by atoms with Crippen LogP contribution in [0.3, 0.4) is 0 Å². The minimum absolute atomic E-state index is 0.0757. The van der Waals surface area contributed by atoms with Crippen LogP contribution >= 0.6 is 0 Å². The molecule has 2 aromatic carbocycles. The molecule has 152 valence electrons. The van der Waals surface area contributed by atoms with Crippen LogP contribution in [0.2, 0.25) is 0 Å². The summed E-state index contributed by atoms with van der Waals surface area (Å²) in [6.45, 7) is 2.07. The van der Waals surface area contributed by atoms with E-state index in [2.05, 4.69) is 29.2 Å². The molecular weight excluding hydrogens is 360 g/mol. The highest BCUT2D eigenvalue weighted by atomic mass is 16.2. The highest BCUT2D eigenvalue weighted by Gasteiger charge is 2.30. The topological polar surface area (TPSA) is 40.6 Å². The van der Waals surface area contributed by atoms with Crippen molar-refractivity contribution in [1.29, 1.82) is 0 Å². The monoisotopic (exact) mass is 390 g/mol. The number of carbonyl (C=O) groups excluding carboxylic acids is 2. The molecule has 2 aliphatic rings. The molecule has 4 rings (SSSR count). The van der Waals surface area contributed by atoms with E-state index in [1.807, 2.05) is 42.3 Å². The standard InChI is InChI=1S/C25H30N2O2/c1-26(23-13-7-11-19-8-5-6-12-22(19)23)24(28)18-27-16-14-21(15-17-27)25(29)20-9-3-2-4-10-20/h2-6,8-10,12,21,23H,7,11,13-18H2,1H3. The summed E-state index contributed by atoms with van der Waals surface area (Å²) in [4.78, 5) is 29.8. The quantitative estimate of drug-likeness (QED) is 0.721. The fraction of sp³-hybridized carbons (Fsp3) is 0.440. The lowest BCUT2D eigenvalue weighted by Crippen LogP contribution is -2.44. The Morgan fingerprint density at radius 3 is 2.41 bits per heavy atom. The number of hydrogen-bond donors (Lipinski definition) is 0. The van der Waals surface area contributed by atoms with Crippen LogP contribution < -0.4 is 0 Å². The van der Waals surface area contributed by atoms with Crippen molar-refractivity contribution in [2.24, 2.45) is 5.92 Å². The maximum Gasteiger partial charge on any atom is 0.237 e. The van der Waals surface area contributed by atoms with Crippen molar-refractivity contribution in [3.05, 3.63) is 71.3 Å². The van der Waals surface area contributed by atoms with Crippen LogP contribution in [0, 0.1) is 5.92 Å². The number of carbonyl (C=O) groups is 2. The molecule has 1 atom stereocenters. The third-order valence-electron chi connectivity index (χ3n) is 6.57. The number of aryl methyl sites for hydroxylation is 1. The van der Waals surface area contributed by atoms with Gasteiger partial charge in [0.25, 0.3) is 0 Å². The molecule has 1 saturated heterocycles. The van der Waals surface area contributed by atoms with E-state index < -0.39 is 0 Å². The summed E-state index contributed by atoms with van der Waals surface area (Å²) in [7, 11) is 1.95. The number of benzene rings is 2. The van der Waals surface area contributed by atoms with Gasteiger partial charge in [-0.05, 0) is 56.3 Å². The fourth-order valence-corrected chi connectivity index (χ4v) is 4.80. The normalized spacial score (nSPS) is 20.1. The molecule has 2 aromatic rings. The number of rotatable bonds is 5. The van der Waals surface area contributed by atoms with Crippen LogP contribution in [0.5, 0.6) is 0 Å². The lowest BCUT2D eigenvalue weighted by Gasteiger charge is -2.36. The molecule has 0 N–H and O–H groups in total. The highest BCUT2D eigenvalue weighted by Crippen LogP contribution is 2.33. The smallest absolute Gasteiger partial charge is 0.237 e. The molecule has 0 aromatic heterocycles. The molecule has 4 nitrogen and oxygen atoms in total. The van der Waals surface area contributed by atoms with E-state index in [0.29, 0.717) is 6.54 Å². The second-order valence-electron chi connectivity index (χ2n) is 8.39. The van der Waals surface area contributed by atoms with Crippen molar-refractivity contribution in [2.45, 2.75) is 38.1 Å². The summed E-state index contributed by atoms with van der Waals surface area (Å²) in [6.07, 6.45) is 4.94. The summed E-state index contributed by atoms with van der Waals surface area (Å²) in [6, 6.07) is 18.3. The maximum absolute atomic E-state index is 13.0. The molecule has 0 bridgehead atoms. The zero-order valence-electron chi connectivity index (χ0n) is 17.2. The minimum atomic E-state index is 0.0757. The first kappa shape index (κ1) is 19.8. The molecule has 29 heavy (non-hydrogen) atoms. The number of hydrogen-bond acceptors (Lipinski definition) is 3. The Hall–Kier alpha value is -2.46. The van der Waals surface area contributed by atoms with E-state index in [1.165, 1.54) is 11.1 Å². The van der Waals surface area contributed by atoms with Gasteiger partial charge >= 0.3 is 0 Å². The summed E-state index contributed by atoms with van der Waals surface area (Å²) >= 11 is 0. The lowest BCUT2D eigenvalue weighted by molar-refractivity contribution is -0.134. The Morgan fingerprint density at radius 2 is 1.66 bits per heavy atom. The molecule has 0 spiro atoms. The number of ketones is 1. The summed E-state index contributed by atoms with van der Waals surface area (Å²) in [5.41, 5.74) is 3.49. The number of piperidine rings is 1. The second-order valence-corrected chi connectivity index (χ2v) is 8.39. The molecule has 0 saturated carbocycles. The van der Waals surface area contributed by atoms with Gasteiger partial charge in [-0.2, -0.15) is 0 Å². The van der Waals surface area contributed by atoms with Gasteiger partial charge in [-0.15, -0.1) is 0 Å². The maximum atomic E-state index is 13.0. The third kappa shape index (κ3) is 4.43. The summed E-state index contributed by atoms with van der Waals surface area (Å²) in [5.74, 6) is 0.499. The van der Waals surface area contributed by atoms with E-state index in [0.717, 1.165) is 50.8 Å². The fourth-order valence-electron chi connectivity index (χ4n) is 4.80. The van der Waals surface area contributed by atoms with Crippen molar-refractivity contribution in [3.8, 4) is 0 Å². The molecule has 0 radical (unpaired) electrons. The van der Waals surface area contributed by atoms with Gasteiger partial charge in [-0.25, -0.2) is 0 Å². The Balaban J connectivity index is 1.32. The van der Waals surface area contributed by atoms with Crippen molar-refractivity contribution in [1.82, 2.24) is 9.80 Å². The first-order chi connectivity index (χ1) is 14.1. The van der Waals surface area contributed by atoms with Gasteiger partial charge < -0.3 is 4.90 Å². The van der Waals surface area contributed by atoms with E-state index in [1.54, 1.807) is 0 Å². The number of nitrogens with zero attached hydrogens (tertiary/aromatic N) is 2. The van der Waals surface area contributed by atoms with E-state index in [-0.39, 0.29) is 23.7 Å². The largest absolute Gasteiger partial charge is 0.338 e. The van der Waals surface area contributed by atoms with Gasteiger partial charge in [0.1, 0.15) is 0 Å². The Bertz CT molecular complexity index is 856. The predicted octanol–water partition coefficient (Wildman–Crippen LogP) is 4.12. The summed E-state index contributed by atoms with van der Waals surface area (Å²) < 4.78 is 0. The van der Waals surface area contributed by atoms with Crippen molar-refractivity contribution in [3.63, 3.8) is 0 Å². The zero-order chi connectivity index (χ0) is 20.2. The van der Waals surface area contributed by atoms with Crippen molar-refractivity contribution < 1.29 is 9.59 Å². The lowest BCUT2D eigenvalue weighted by atomic mass is 9.87.